The third-order valence-electron chi connectivity index (χ3n) is 2.48. The van der Waals surface area contributed by atoms with Crippen molar-refractivity contribution in [3.05, 3.63) is 28.2 Å². The second kappa shape index (κ2) is 8.57. The van der Waals surface area contributed by atoms with Crippen molar-refractivity contribution in [2.75, 3.05) is 5.75 Å². The Kier molecular flexibility index (Phi) is 7.41. The van der Waals surface area contributed by atoms with Gasteiger partial charge in [-0.15, -0.1) is 17.7 Å². The molecule has 22 heavy (non-hydrogen) atoms. The molecule has 0 saturated carbocycles. The van der Waals surface area contributed by atoms with Crippen molar-refractivity contribution in [1.29, 1.82) is 0 Å². The van der Waals surface area contributed by atoms with Gasteiger partial charge in [0.25, 0.3) is 5.91 Å². The van der Waals surface area contributed by atoms with Gasteiger partial charge in [-0.25, -0.2) is 0 Å². The van der Waals surface area contributed by atoms with Gasteiger partial charge in [0.1, 0.15) is 5.75 Å². The van der Waals surface area contributed by atoms with Crippen molar-refractivity contribution in [2.45, 2.75) is 38.7 Å². The molecule has 120 valence electrons. The summed E-state index contributed by atoms with van der Waals surface area (Å²) in [6.45, 7) is 7.36. The third-order valence-corrected chi connectivity index (χ3v) is 3.87. The summed E-state index contributed by atoms with van der Waals surface area (Å²) in [5.41, 5.74) is -1.31. The zero-order chi connectivity index (χ0) is 16.8. The molecule has 1 N–H and O–H groups in total. The molecule has 1 aromatic carbocycles. The summed E-state index contributed by atoms with van der Waals surface area (Å²) in [6.07, 6.45) is 0. The third kappa shape index (κ3) is 6.39. The van der Waals surface area contributed by atoms with Crippen LogP contribution in [0.5, 0.6) is 5.75 Å². The number of nitrogens with one attached hydrogen (secondary N) is 1. The van der Waals surface area contributed by atoms with E-state index in [2.05, 4.69) is 17.2 Å². The van der Waals surface area contributed by atoms with E-state index in [0.29, 0.717) is 15.8 Å². The van der Waals surface area contributed by atoms with E-state index in [4.69, 9.17) is 27.9 Å². The predicted octanol–water partition coefficient (Wildman–Crippen LogP) is 4.37. The molecule has 6 heteroatoms. The number of hydrogen-bond donors (Lipinski definition) is 1. The van der Waals surface area contributed by atoms with Gasteiger partial charge in [0, 0.05) is 10.0 Å². The average Bonchev–Trinajstić information content (AvgIpc) is 2.36. The highest BCUT2D eigenvalue weighted by atomic mass is 35.5. The van der Waals surface area contributed by atoms with E-state index in [1.165, 1.54) is 11.8 Å². The van der Waals surface area contributed by atoms with Crippen LogP contribution in [0.25, 0.3) is 0 Å². The molecule has 0 radical (unpaired) electrons. The van der Waals surface area contributed by atoms with Crippen molar-refractivity contribution >= 4 is 40.9 Å². The van der Waals surface area contributed by atoms with Gasteiger partial charge in [-0.2, -0.15) is 0 Å². The predicted molar refractivity (Wildman–Crippen MR) is 94.7 cm³/mol. The zero-order valence-electron chi connectivity index (χ0n) is 13.0. The number of rotatable bonds is 6. The molecule has 0 aliphatic heterocycles. The molecule has 0 heterocycles. The Morgan fingerprint density at radius 2 is 1.95 bits per heavy atom. The van der Waals surface area contributed by atoms with Gasteiger partial charge < -0.3 is 10.1 Å². The van der Waals surface area contributed by atoms with Gasteiger partial charge in [-0.3, -0.25) is 4.79 Å². The molecular formula is C16H19Cl2NO2S. The van der Waals surface area contributed by atoms with Crippen molar-refractivity contribution in [3.63, 3.8) is 0 Å². The van der Waals surface area contributed by atoms with Crippen LogP contribution >= 0.6 is 35.0 Å². The van der Waals surface area contributed by atoms with E-state index in [-0.39, 0.29) is 5.91 Å². The maximum atomic E-state index is 12.4. The normalized spacial score (nSPS) is 12.1. The quantitative estimate of drug-likeness (QED) is 0.605. The summed E-state index contributed by atoms with van der Waals surface area (Å²) in [7, 11) is 0. The number of ether oxygens (including phenoxy) is 1. The lowest BCUT2D eigenvalue weighted by Crippen LogP contribution is -2.47. The maximum absolute atomic E-state index is 12.4. The lowest BCUT2D eigenvalue weighted by Gasteiger charge is -2.24. The fraction of sp³-hybridized carbons (Fsp3) is 0.438. The smallest absolute Gasteiger partial charge is 0.272 e. The van der Waals surface area contributed by atoms with Crippen molar-refractivity contribution in [3.8, 4) is 17.6 Å². The molecule has 0 saturated heterocycles. The van der Waals surface area contributed by atoms with E-state index in [1.54, 1.807) is 25.1 Å². The largest absolute Gasteiger partial charge is 0.470 e. The molecule has 1 atom stereocenters. The first kappa shape index (κ1) is 19.0. The first-order valence-electron chi connectivity index (χ1n) is 6.77. The van der Waals surface area contributed by atoms with Crippen LogP contribution in [-0.2, 0) is 4.79 Å². The molecule has 0 aromatic heterocycles. The van der Waals surface area contributed by atoms with Crippen LogP contribution in [0.3, 0.4) is 0 Å². The highest BCUT2D eigenvalue weighted by molar-refractivity contribution is 8.00. The highest BCUT2D eigenvalue weighted by Crippen LogP contribution is 2.27. The summed E-state index contributed by atoms with van der Waals surface area (Å²) in [4.78, 5) is 12.4. The number of carbonyl (C=O) groups is 1. The highest BCUT2D eigenvalue weighted by Gasteiger charge is 2.26. The van der Waals surface area contributed by atoms with E-state index in [0.717, 1.165) is 5.75 Å². The number of benzene rings is 1. The first-order valence-corrected chi connectivity index (χ1v) is 8.58. The molecular weight excluding hydrogens is 341 g/mol. The van der Waals surface area contributed by atoms with E-state index < -0.39 is 11.0 Å². The summed E-state index contributed by atoms with van der Waals surface area (Å²) in [6, 6.07) is 4.86. The van der Waals surface area contributed by atoms with Crippen molar-refractivity contribution in [1.82, 2.24) is 5.32 Å². The number of carbonyl (C=O) groups excluding carboxylic acids is 1. The molecule has 0 aliphatic carbocycles. The Bertz CT molecular complexity index is 573. The minimum atomic E-state index is -0.697. The fourth-order valence-electron chi connectivity index (χ4n) is 1.75. The van der Waals surface area contributed by atoms with Crippen molar-refractivity contribution in [2.24, 2.45) is 0 Å². The van der Waals surface area contributed by atoms with Crippen LogP contribution in [0.1, 0.15) is 27.7 Å². The Morgan fingerprint density at radius 1 is 1.36 bits per heavy atom. The van der Waals surface area contributed by atoms with Crippen LogP contribution in [-0.4, -0.2) is 22.6 Å². The molecule has 0 bridgehead atoms. The topological polar surface area (TPSA) is 38.3 Å². The molecule has 1 rings (SSSR count). The van der Waals surface area contributed by atoms with Crippen LogP contribution in [0, 0.1) is 11.8 Å². The maximum Gasteiger partial charge on any atom is 0.272 e. The molecule has 0 aliphatic rings. The zero-order valence-corrected chi connectivity index (χ0v) is 15.3. The van der Waals surface area contributed by atoms with Gasteiger partial charge in [0.05, 0.1) is 5.54 Å². The summed E-state index contributed by atoms with van der Waals surface area (Å²) in [5, 5.41) is 3.78. The van der Waals surface area contributed by atoms with Crippen LogP contribution in [0.2, 0.25) is 10.0 Å². The van der Waals surface area contributed by atoms with Crippen molar-refractivity contribution < 1.29 is 9.53 Å². The second-order valence-electron chi connectivity index (χ2n) is 5.00. The second-order valence-corrected chi connectivity index (χ2v) is 7.21. The molecule has 0 fully saturated rings. The van der Waals surface area contributed by atoms with Gasteiger partial charge in [0.15, 0.2) is 0 Å². The minimum absolute atomic E-state index is 0.240. The number of amides is 1. The van der Waals surface area contributed by atoms with Crippen LogP contribution in [0.15, 0.2) is 18.2 Å². The van der Waals surface area contributed by atoms with E-state index in [1.807, 2.05) is 20.8 Å². The number of thioether (sulfide) groups is 1. The Balaban J connectivity index is 2.88. The first-order chi connectivity index (χ1) is 10.3. The van der Waals surface area contributed by atoms with Gasteiger partial charge in [-0.1, -0.05) is 36.0 Å². The van der Waals surface area contributed by atoms with Gasteiger partial charge in [0.2, 0.25) is 5.44 Å². The SMILES string of the molecule is CC#CC(C)(C)NC(=O)C(Oc1cc(Cl)cc(Cl)c1)SCC. The number of hydrogen-bond acceptors (Lipinski definition) is 3. The molecule has 1 aromatic rings. The summed E-state index contributed by atoms with van der Waals surface area (Å²) < 4.78 is 5.74. The fourth-order valence-corrected chi connectivity index (χ4v) is 2.94. The monoisotopic (exact) mass is 359 g/mol. The average molecular weight is 360 g/mol. The molecule has 3 nitrogen and oxygen atoms in total. The number of halogens is 2. The Morgan fingerprint density at radius 3 is 2.45 bits per heavy atom. The Labute approximate surface area is 146 Å². The van der Waals surface area contributed by atoms with Crippen LogP contribution in [0.4, 0.5) is 0 Å². The minimum Gasteiger partial charge on any atom is -0.470 e. The van der Waals surface area contributed by atoms with E-state index >= 15 is 0 Å². The molecule has 0 spiro atoms. The van der Waals surface area contributed by atoms with Crippen LogP contribution < -0.4 is 10.1 Å². The van der Waals surface area contributed by atoms with Gasteiger partial charge >= 0.3 is 0 Å². The standard InChI is InChI=1S/C16H19Cl2NO2S/c1-5-7-16(3,4)19-14(20)15(22-6-2)21-13-9-11(17)8-12(18)10-13/h8-10,15H,6H2,1-4H3,(H,19,20). The summed E-state index contributed by atoms with van der Waals surface area (Å²) in [5.74, 6) is 6.69. The summed E-state index contributed by atoms with van der Waals surface area (Å²) >= 11 is 13.3. The molecule has 1 unspecified atom stereocenters. The Hall–Kier alpha value is -1.02. The van der Waals surface area contributed by atoms with Gasteiger partial charge in [-0.05, 0) is 44.7 Å². The lowest BCUT2D eigenvalue weighted by molar-refractivity contribution is -0.125. The molecule has 1 amide bonds. The van der Waals surface area contributed by atoms with E-state index in [9.17, 15) is 4.79 Å². The lowest BCUT2D eigenvalue weighted by atomic mass is 10.1.